The average Bonchev–Trinajstić information content (AvgIpc) is 2.32. The minimum absolute atomic E-state index is 0.323. The van der Waals surface area contributed by atoms with E-state index in [0.717, 1.165) is 19.3 Å². The van der Waals surface area contributed by atoms with Crippen molar-refractivity contribution in [3.8, 4) is 0 Å². The molecule has 0 radical (unpaired) electrons. The number of hydrogen-bond donors (Lipinski definition) is 1. The molecule has 18 heavy (non-hydrogen) atoms. The molecule has 100 valence electrons. The van der Waals surface area contributed by atoms with Crippen molar-refractivity contribution in [2.75, 3.05) is 0 Å². The highest BCUT2D eigenvalue weighted by molar-refractivity contribution is 5.66. The number of aryl methyl sites for hydroxylation is 2. The van der Waals surface area contributed by atoms with Gasteiger partial charge in [-0.3, -0.25) is 4.79 Å². The van der Waals surface area contributed by atoms with Crippen LogP contribution in [0.3, 0.4) is 0 Å². The number of hydrogen-bond acceptors (Lipinski definition) is 1. The Hall–Kier alpha value is -1.31. The quantitative estimate of drug-likeness (QED) is 0.659. The Morgan fingerprint density at radius 3 is 2.39 bits per heavy atom. The van der Waals surface area contributed by atoms with E-state index in [0.29, 0.717) is 6.42 Å². The number of carboxylic acid groups (broad SMARTS) is 1. The van der Waals surface area contributed by atoms with Gasteiger partial charge in [-0.1, -0.05) is 55.5 Å². The first-order valence-corrected chi connectivity index (χ1v) is 6.96. The Balaban J connectivity index is 1.97. The molecule has 1 N–H and O–H groups in total. The highest BCUT2D eigenvalue weighted by atomic mass is 16.4. The summed E-state index contributed by atoms with van der Waals surface area (Å²) in [5, 5.41) is 8.50. The second-order valence-corrected chi connectivity index (χ2v) is 5.00. The van der Waals surface area contributed by atoms with Gasteiger partial charge in [0.2, 0.25) is 0 Å². The van der Waals surface area contributed by atoms with E-state index in [4.69, 9.17) is 5.11 Å². The molecule has 0 aromatic heterocycles. The van der Waals surface area contributed by atoms with Gasteiger partial charge in [0.25, 0.3) is 0 Å². The molecule has 0 bridgehead atoms. The largest absolute Gasteiger partial charge is 0.481 e. The molecule has 0 aliphatic rings. The van der Waals surface area contributed by atoms with Crippen LogP contribution >= 0.6 is 0 Å². The predicted molar refractivity (Wildman–Crippen MR) is 74.8 cm³/mol. The summed E-state index contributed by atoms with van der Waals surface area (Å²) in [5.41, 5.74) is 2.77. The van der Waals surface area contributed by atoms with E-state index in [1.807, 2.05) is 0 Å². The molecule has 0 spiro atoms. The molecule has 0 aliphatic carbocycles. The molecule has 2 nitrogen and oxygen atoms in total. The van der Waals surface area contributed by atoms with Crippen LogP contribution in [0.15, 0.2) is 24.3 Å². The van der Waals surface area contributed by atoms with Gasteiger partial charge in [-0.25, -0.2) is 0 Å². The fourth-order valence-electron chi connectivity index (χ4n) is 2.18. The van der Waals surface area contributed by atoms with Crippen LogP contribution in [0.4, 0.5) is 0 Å². The number of unbranched alkanes of at least 4 members (excludes halogenated alkanes) is 5. The lowest BCUT2D eigenvalue weighted by Gasteiger charge is -2.03. The van der Waals surface area contributed by atoms with Crippen molar-refractivity contribution in [1.82, 2.24) is 0 Å². The molecule has 1 rings (SSSR count). The van der Waals surface area contributed by atoms with E-state index in [9.17, 15) is 4.79 Å². The summed E-state index contributed by atoms with van der Waals surface area (Å²) < 4.78 is 0. The van der Waals surface area contributed by atoms with Crippen LogP contribution < -0.4 is 0 Å². The number of rotatable bonds is 9. The first kappa shape index (κ1) is 14.7. The maximum absolute atomic E-state index is 10.3. The van der Waals surface area contributed by atoms with Crippen LogP contribution in [0.1, 0.15) is 56.1 Å². The molecule has 0 heterocycles. The van der Waals surface area contributed by atoms with Crippen molar-refractivity contribution in [3.63, 3.8) is 0 Å². The topological polar surface area (TPSA) is 37.3 Å². The zero-order valence-electron chi connectivity index (χ0n) is 11.3. The van der Waals surface area contributed by atoms with Crippen LogP contribution in [0, 0.1) is 6.92 Å². The molecule has 1 aromatic carbocycles. The number of benzene rings is 1. The maximum atomic E-state index is 10.3. The highest BCUT2D eigenvalue weighted by Gasteiger charge is 1.97. The molecule has 1 aromatic rings. The van der Waals surface area contributed by atoms with Crippen molar-refractivity contribution in [1.29, 1.82) is 0 Å². The Morgan fingerprint density at radius 1 is 1.06 bits per heavy atom. The van der Waals surface area contributed by atoms with Crippen LogP contribution in [-0.2, 0) is 11.2 Å². The third-order valence-electron chi connectivity index (χ3n) is 3.19. The van der Waals surface area contributed by atoms with E-state index >= 15 is 0 Å². The second-order valence-electron chi connectivity index (χ2n) is 5.00. The predicted octanol–water partition coefficient (Wildman–Crippen LogP) is 4.35. The summed E-state index contributed by atoms with van der Waals surface area (Å²) in [4.78, 5) is 10.3. The third-order valence-corrected chi connectivity index (χ3v) is 3.19. The maximum Gasteiger partial charge on any atom is 0.303 e. The smallest absolute Gasteiger partial charge is 0.303 e. The first-order valence-electron chi connectivity index (χ1n) is 6.96. The summed E-state index contributed by atoms with van der Waals surface area (Å²) in [7, 11) is 0. The average molecular weight is 248 g/mol. The Labute approximate surface area is 110 Å². The lowest BCUT2D eigenvalue weighted by molar-refractivity contribution is -0.137. The first-order chi connectivity index (χ1) is 8.68. The number of carbonyl (C=O) groups is 1. The summed E-state index contributed by atoms with van der Waals surface area (Å²) in [6.07, 6.45) is 8.25. The van der Waals surface area contributed by atoms with Gasteiger partial charge in [-0.05, 0) is 31.7 Å². The Bertz CT molecular complexity index is 358. The fourth-order valence-corrected chi connectivity index (χ4v) is 2.18. The summed E-state index contributed by atoms with van der Waals surface area (Å²) in [6, 6.07) is 8.70. The summed E-state index contributed by atoms with van der Waals surface area (Å²) in [5.74, 6) is -0.672. The van der Waals surface area contributed by atoms with Gasteiger partial charge in [0.15, 0.2) is 0 Å². The standard InChI is InChI=1S/C16H24O2/c1-14-9-8-11-15(13-14)10-6-4-2-3-5-7-12-16(17)18/h8-9,11,13H,2-7,10,12H2,1H3,(H,17,18). The highest BCUT2D eigenvalue weighted by Crippen LogP contribution is 2.11. The van der Waals surface area contributed by atoms with E-state index < -0.39 is 5.97 Å². The van der Waals surface area contributed by atoms with Gasteiger partial charge in [-0.15, -0.1) is 0 Å². The van der Waals surface area contributed by atoms with Gasteiger partial charge in [0.05, 0.1) is 0 Å². The molecule has 0 saturated heterocycles. The van der Waals surface area contributed by atoms with Crippen LogP contribution in [0.5, 0.6) is 0 Å². The van der Waals surface area contributed by atoms with Crippen molar-refractivity contribution in [3.05, 3.63) is 35.4 Å². The SMILES string of the molecule is Cc1cccc(CCCCCCCCC(=O)O)c1. The summed E-state index contributed by atoms with van der Waals surface area (Å²) >= 11 is 0. The second kappa shape index (κ2) is 8.73. The molecule has 0 fully saturated rings. The lowest BCUT2D eigenvalue weighted by Crippen LogP contribution is -1.93. The van der Waals surface area contributed by atoms with E-state index in [1.54, 1.807) is 0 Å². The van der Waals surface area contributed by atoms with Crippen LogP contribution in [0.25, 0.3) is 0 Å². The van der Waals surface area contributed by atoms with Crippen LogP contribution in [-0.4, -0.2) is 11.1 Å². The van der Waals surface area contributed by atoms with Crippen molar-refractivity contribution >= 4 is 5.97 Å². The third kappa shape index (κ3) is 7.10. The van der Waals surface area contributed by atoms with Gasteiger partial charge < -0.3 is 5.11 Å². The zero-order valence-corrected chi connectivity index (χ0v) is 11.3. The fraction of sp³-hybridized carbons (Fsp3) is 0.562. The van der Waals surface area contributed by atoms with Gasteiger partial charge in [-0.2, -0.15) is 0 Å². The molecular formula is C16H24O2. The van der Waals surface area contributed by atoms with Crippen molar-refractivity contribution in [2.45, 2.75) is 58.3 Å². The molecule has 0 unspecified atom stereocenters. The number of aliphatic carboxylic acids is 1. The van der Waals surface area contributed by atoms with Gasteiger partial charge in [0, 0.05) is 6.42 Å². The van der Waals surface area contributed by atoms with Crippen molar-refractivity contribution in [2.24, 2.45) is 0 Å². The molecule has 0 aliphatic heterocycles. The number of carboxylic acids is 1. The molecule has 0 amide bonds. The Morgan fingerprint density at radius 2 is 1.72 bits per heavy atom. The van der Waals surface area contributed by atoms with Gasteiger partial charge in [0.1, 0.15) is 0 Å². The molecular weight excluding hydrogens is 224 g/mol. The Kier molecular flexibility index (Phi) is 7.16. The van der Waals surface area contributed by atoms with E-state index in [2.05, 4.69) is 31.2 Å². The van der Waals surface area contributed by atoms with E-state index in [1.165, 1.54) is 36.8 Å². The van der Waals surface area contributed by atoms with Crippen molar-refractivity contribution < 1.29 is 9.90 Å². The molecule has 2 heteroatoms. The van der Waals surface area contributed by atoms with E-state index in [-0.39, 0.29) is 0 Å². The summed E-state index contributed by atoms with van der Waals surface area (Å²) in [6.45, 7) is 2.13. The molecule has 0 atom stereocenters. The monoisotopic (exact) mass is 248 g/mol. The zero-order chi connectivity index (χ0) is 13.2. The lowest BCUT2D eigenvalue weighted by atomic mass is 10.0. The molecule has 0 saturated carbocycles. The van der Waals surface area contributed by atoms with Gasteiger partial charge >= 0.3 is 5.97 Å². The minimum atomic E-state index is -0.672. The normalized spacial score (nSPS) is 10.5. The minimum Gasteiger partial charge on any atom is -0.481 e. The van der Waals surface area contributed by atoms with Crippen LogP contribution in [0.2, 0.25) is 0 Å².